The fraction of sp³-hybridized carbons (Fsp3) is 0.500. The maximum absolute atomic E-state index is 5.89. The molecule has 5 heteroatoms. The van der Waals surface area contributed by atoms with Gasteiger partial charge in [0, 0.05) is 41.1 Å². The van der Waals surface area contributed by atoms with E-state index in [0.29, 0.717) is 0 Å². The van der Waals surface area contributed by atoms with Crippen LogP contribution in [-0.4, -0.2) is 32.7 Å². The first kappa shape index (κ1) is 14.8. The van der Waals surface area contributed by atoms with Gasteiger partial charge in [-0.2, -0.15) is 0 Å². The van der Waals surface area contributed by atoms with Crippen molar-refractivity contribution in [2.45, 2.75) is 11.3 Å². The van der Waals surface area contributed by atoms with Gasteiger partial charge in [0.2, 0.25) is 0 Å². The van der Waals surface area contributed by atoms with Crippen LogP contribution in [0.15, 0.2) is 27.6 Å². The Bertz CT molecular complexity index is 336. The van der Waals surface area contributed by atoms with Crippen LogP contribution in [0.2, 0.25) is 0 Å². The zero-order chi connectivity index (χ0) is 12.5. The third kappa shape index (κ3) is 6.31. The third-order valence-corrected chi connectivity index (χ3v) is 3.64. The van der Waals surface area contributed by atoms with Gasteiger partial charge < -0.3 is 15.2 Å². The minimum atomic E-state index is 0.740. The lowest BCUT2D eigenvalue weighted by Crippen LogP contribution is -2.02. The second-order valence-electron chi connectivity index (χ2n) is 3.49. The molecule has 0 amide bonds. The van der Waals surface area contributed by atoms with E-state index in [-0.39, 0.29) is 0 Å². The van der Waals surface area contributed by atoms with Crippen molar-refractivity contribution < 1.29 is 9.47 Å². The average molecular weight is 320 g/mol. The van der Waals surface area contributed by atoms with Gasteiger partial charge in [0.05, 0.1) is 6.61 Å². The van der Waals surface area contributed by atoms with E-state index in [9.17, 15) is 0 Å². The normalized spacial score (nSPS) is 10.7. The number of benzene rings is 1. The molecule has 0 aliphatic heterocycles. The standard InChI is InChI=1S/C12H18BrNO2S/c1-15-5-2-6-16-7-8-17-12-4-3-10(13)9-11(12)14/h3-4,9H,2,5-8,14H2,1H3. The monoisotopic (exact) mass is 319 g/mol. The molecule has 0 aliphatic rings. The van der Waals surface area contributed by atoms with E-state index >= 15 is 0 Å². The van der Waals surface area contributed by atoms with Crippen LogP contribution < -0.4 is 5.73 Å². The fourth-order valence-corrected chi connectivity index (χ4v) is 2.46. The molecule has 0 bridgehead atoms. The summed E-state index contributed by atoms with van der Waals surface area (Å²) in [4.78, 5) is 1.11. The molecule has 2 N–H and O–H groups in total. The maximum atomic E-state index is 5.89. The second-order valence-corrected chi connectivity index (χ2v) is 5.54. The van der Waals surface area contributed by atoms with Crippen LogP contribution in [0.5, 0.6) is 0 Å². The smallest absolute Gasteiger partial charge is 0.0560 e. The van der Waals surface area contributed by atoms with Crippen molar-refractivity contribution in [2.24, 2.45) is 0 Å². The molecule has 0 unspecified atom stereocenters. The molecule has 0 saturated heterocycles. The molecule has 0 heterocycles. The Morgan fingerprint density at radius 1 is 1.29 bits per heavy atom. The lowest BCUT2D eigenvalue weighted by Gasteiger charge is -2.06. The van der Waals surface area contributed by atoms with E-state index in [4.69, 9.17) is 15.2 Å². The Morgan fingerprint density at radius 3 is 2.82 bits per heavy atom. The summed E-state index contributed by atoms with van der Waals surface area (Å²) in [5.41, 5.74) is 6.70. The number of nitrogen functional groups attached to an aromatic ring is 1. The lowest BCUT2D eigenvalue weighted by molar-refractivity contribution is 0.113. The van der Waals surface area contributed by atoms with E-state index in [1.165, 1.54) is 0 Å². The molecule has 1 aromatic carbocycles. The zero-order valence-corrected chi connectivity index (χ0v) is 12.4. The van der Waals surface area contributed by atoms with Gasteiger partial charge in [-0.15, -0.1) is 11.8 Å². The van der Waals surface area contributed by atoms with Crippen LogP contribution in [0.4, 0.5) is 5.69 Å². The van der Waals surface area contributed by atoms with Crippen LogP contribution in [-0.2, 0) is 9.47 Å². The number of hydrogen-bond donors (Lipinski definition) is 1. The Labute approximate surface area is 115 Å². The highest BCUT2D eigenvalue weighted by atomic mass is 79.9. The summed E-state index contributed by atoms with van der Waals surface area (Å²) < 4.78 is 11.4. The molecule has 1 rings (SSSR count). The van der Waals surface area contributed by atoms with Gasteiger partial charge in [-0.25, -0.2) is 0 Å². The summed E-state index contributed by atoms with van der Waals surface area (Å²) in [7, 11) is 1.70. The van der Waals surface area contributed by atoms with E-state index in [1.807, 2.05) is 18.2 Å². The summed E-state index contributed by atoms with van der Waals surface area (Å²) in [5.74, 6) is 0.915. The number of anilines is 1. The van der Waals surface area contributed by atoms with E-state index in [1.54, 1.807) is 18.9 Å². The predicted molar refractivity (Wildman–Crippen MR) is 76.6 cm³/mol. The zero-order valence-electron chi connectivity index (χ0n) is 9.95. The van der Waals surface area contributed by atoms with Crippen LogP contribution in [0.3, 0.4) is 0 Å². The van der Waals surface area contributed by atoms with Gasteiger partial charge in [-0.05, 0) is 24.6 Å². The van der Waals surface area contributed by atoms with Crippen LogP contribution in [0, 0.1) is 0 Å². The maximum Gasteiger partial charge on any atom is 0.0560 e. The third-order valence-electron chi connectivity index (χ3n) is 2.09. The largest absolute Gasteiger partial charge is 0.398 e. The Morgan fingerprint density at radius 2 is 2.12 bits per heavy atom. The summed E-state index contributed by atoms with van der Waals surface area (Å²) in [6.45, 7) is 2.25. The molecule has 0 spiro atoms. The number of ether oxygens (including phenoxy) is 2. The van der Waals surface area contributed by atoms with Crippen molar-refractivity contribution in [3.63, 3.8) is 0 Å². The highest BCUT2D eigenvalue weighted by molar-refractivity contribution is 9.10. The minimum absolute atomic E-state index is 0.740. The number of halogens is 1. The van der Waals surface area contributed by atoms with Gasteiger partial charge in [0.1, 0.15) is 0 Å². The summed E-state index contributed by atoms with van der Waals surface area (Å²) in [6, 6.07) is 5.94. The van der Waals surface area contributed by atoms with Crippen molar-refractivity contribution in [3.05, 3.63) is 22.7 Å². The molecule has 0 aliphatic carbocycles. The molecule has 0 atom stereocenters. The molecule has 0 saturated carbocycles. The Balaban J connectivity index is 2.14. The van der Waals surface area contributed by atoms with Crippen molar-refractivity contribution in [1.82, 2.24) is 0 Å². The fourth-order valence-electron chi connectivity index (χ4n) is 1.27. The summed E-state index contributed by atoms with van der Waals surface area (Å²) in [6.07, 6.45) is 0.946. The SMILES string of the molecule is COCCCOCCSc1ccc(Br)cc1N. The van der Waals surface area contributed by atoms with Gasteiger partial charge in [-0.3, -0.25) is 0 Å². The van der Waals surface area contributed by atoms with Gasteiger partial charge in [-0.1, -0.05) is 15.9 Å². The quantitative estimate of drug-likeness (QED) is 0.454. The van der Waals surface area contributed by atoms with Crippen molar-refractivity contribution in [3.8, 4) is 0 Å². The van der Waals surface area contributed by atoms with E-state index in [2.05, 4.69) is 15.9 Å². The molecular formula is C12H18BrNO2S. The number of nitrogens with two attached hydrogens (primary N) is 1. The Hall–Kier alpha value is -0.230. The first-order valence-electron chi connectivity index (χ1n) is 5.48. The van der Waals surface area contributed by atoms with Crippen molar-refractivity contribution >= 4 is 33.4 Å². The molecule has 96 valence electrons. The molecule has 0 fully saturated rings. The van der Waals surface area contributed by atoms with Gasteiger partial charge in [0.25, 0.3) is 0 Å². The van der Waals surface area contributed by atoms with Gasteiger partial charge in [0.15, 0.2) is 0 Å². The summed E-state index contributed by atoms with van der Waals surface area (Å²) >= 11 is 5.11. The number of methoxy groups -OCH3 is 1. The molecule has 0 aromatic heterocycles. The average Bonchev–Trinajstić information content (AvgIpc) is 2.30. The first-order valence-corrected chi connectivity index (χ1v) is 7.26. The number of thioether (sulfide) groups is 1. The highest BCUT2D eigenvalue weighted by Gasteiger charge is 2.00. The Kier molecular flexibility index (Phi) is 7.68. The lowest BCUT2D eigenvalue weighted by atomic mass is 10.3. The molecule has 17 heavy (non-hydrogen) atoms. The molecule has 1 aromatic rings. The number of hydrogen-bond acceptors (Lipinski definition) is 4. The van der Waals surface area contributed by atoms with E-state index in [0.717, 1.165) is 47.0 Å². The first-order chi connectivity index (χ1) is 8.24. The molecule has 3 nitrogen and oxygen atoms in total. The molecule has 0 radical (unpaired) electrons. The van der Waals surface area contributed by atoms with Crippen LogP contribution in [0.1, 0.15) is 6.42 Å². The van der Waals surface area contributed by atoms with Crippen molar-refractivity contribution in [1.29, 1.82) is 0 Å². The topological polar surface area (TPSA) is 44.5 Å². The van der Waals surface area contributed by atoms with Gasteiger partial charge >= 0.3 is 0 Å². The second kappa shape index (κ2) is 8.80. The van der Waals surface area contributed by atoms with E-state index < -0.39 is 0 Å². The molecular weight excluding hydrogens is 302 g/mol. The summed E-state index contributed by atoms with van der Waals surface area (Å²) in [5, 5.41) is 0. The van der Waals surface area contributed by atoms with Crippen LogP contribution in [0.25, 0.3) is 0 Å². The minimum Gasteiger partial charge on any atom is -0.398 e. The predicted octanol–water partition coefficient (Wildman–Crippen LogP) is 3.18. The number of rotatable bonds is 8. The van der Waals surface area contributed by atoms with Crippen LogP contribution >= 0.6 is 27.7 Å². The van der Waals surface area contributed by atoms with Crippen molar-refractivity contribution in [2.75, 3.05) is 38.4 Å². The highest BCUT2D eigenvalue weighted by Crippen LogP contribution is 2.27.